The lowest BCUT2D eigenvalue weighted by Gasteiger charge is -2.14. The zero-order valence-corrected chi connectivity index (χ0v) is 13.1. The van der Waals surface area contributed by atoms with Crippen molar-refractivity contribution in [1.82, 2.24) is 0 Å². The highest BCUT2D eigenvalue weighted by Crippen LogP contribution is 2.26. The van der Waals surface area contributed by atoms with E-state index in [1.165, 1.54) is 6.07 Å². The minimum atomic E-state index is -0.246. The fourth-order valence-electron chi connectivity index (χ4n) is 2.05. The molecular formula is C15H14BrClFN. The molecule has 0 aliphatic rings. The summed E-state index contributed by atoms with van der Waals surface area (Å²) in [5.41, 5.74) is 3.83. The van der Waals surface area contributed by atoms with Gasteiger partial charge in [-0.2, -0.15) is 0 Å². The molecule has 0 spiro atoms. The van der Waals surface area contributed by atoms with Crippen molar-refractivity contribution in [2.24, 2.45) is 0 Å². The highest BCUT2D eigenvalue weighted by Gasteiger charge is 2.07. The zero-order chi connectivity index (χ0) is 14.0. The third-order valence-corrected chi connectivity index (χ3v) is 3.65. The van der Waals surface area contributed by atoms with Gasteiger partial charge in [-0.15, -0.1) is 0 Å². The van der Waals surface area contributed by atoms with E-state index < -0.39 is 0 Å². The van der Waals surface area contributed by atoms with Crippen LogP contribution in [-0.4, -0.2) is 0 Å². The van der Waals surface area contributed by atoms with Crippen LogP contribution in [0.2, 0.25) is 5.02 Å². The molecule has 0 fully saturated rings. The van der Waals surface area contributed by atoms with Crippen LogP contribution in [0.15, 0.2) is 34.8 Å². The van der Waals surface area contributed by atoms with Crippen LogP contribution in [0.25, 0.3) is 0 Å². The largest absolute Gasteiger partial charge is 0.380 e. The van der Waals surface area contributed by atoms with Gasteiger partial charge >= 0.3 is 0 Å². The molecule has 0 atom stereocenters. The van der Waals surface area contributed by atoms with Gasteiger partial charge in [0.2, 0.25) is 0 Å². The number of halogens is 3. The van der Waals surface area contributed by atoms with E-state index in [9.17, 15) is 4.39 Å². The van der Waals surface area contributed by atoms with Gasteiger partial charge in [0.05, 0.1) is 0 Å². The van der Waals surface area contributed by atoms with Gasteiger partial charge < -0.3 is 5.32 Å². The molecule has 0 saturated carbocycles. The molecule has 0 heterocycles. The summed E-state index contributed by atoms with van der Waals surface area (Å²) in [5.74, 6) is -0.246. The van der Waals surface area contributed by atoms with Crippen molar-refractivity contribution in [1.29, 1.82) is 0 Å². The van der Waals surface area contributed by atoms with E-state index in [2.05, 4.69) is 21.2 Å². The standard InChI is InChI=1S/C15H14BrClFN/c1-9-5-12(16)6-10(2)15(9)19-8-11-7-13(17)3-4-14(11)18/h3-7,19H,8H2,1-2H3. The van der Waals surface area contributed by atoms with Crippen LogP contribution in [0, 0.1) is 19.7 Å². The van der Waals surface area contributed by atoms with E-state index in [0.717, 1.165) is 21.3 Å². The fraction of sp³-hybridized carbons (Fsp3) is 0.200. The molecule has 0 saturated heterocycles. The van der Waals surface area contributed by atoms with Crippen LogP contribution < -0.4 is 5.32 Å². The SMILES string of the molecule is Cc1cc(Br)cc(C)c1NCc1cc(Cl)ccc1F. The molecular weight excluding hydrogens is 329 g/mol. The molecule has 0 unspecified atom stereocenters. The molecule has 0 bridgehead atoms. The molecule has 1 N–H and O–H groups in total. The first-order valence-electron chi connectivity index (χ1n) is 5.92. The highest BCUT2D eigenvalue weighted by atomic mass is 79.9. The zero-order valence-electron chi connectivity index (χ0n) is 10.7. The van der Waals surface area contributed by atoms with Crippen LogP contribution in [-0.2, 0) is 6.54 Å². The summed E-state index contributed by atoms with van der Waals surface area (Å²) in [4.78, 5) is 0. The van der Waals surface area contributed by atoms with Gasteiger partial charge in [0, 0.05) is 27.3 Å². The normalized spacial score (nSPS) is 10.6. The van der Waals surface area contributed by atoms with Gasteiger partial charge in [0.1, 0.15) is 5.82 Å². The Balaban J connectivity index is 2.21. The monoisotopic (exact) mass is 341 g/mol. The average Bonchev–Trinajstić information content (AvgIpc) is 2.32. The second kappa shape index (κ2) is 5.93. The third kappa shape index (κ3) is 3.48. The molecule has 0 aliphatic carbocycles. The Labute approximate surface area is 125 Å². The Morgan fingerprint density at radius 1 is 1.16 bits per heavy atom. The molecule has 1 nitrogen and oxygen atoms in total. The molecule has 0 radical (unpaired) electrons. The van der Waals surface area contributed by atoms with E-state index in [0.29, 0.717) is 17.1 Å². The number of anilines is 1. The Bertz CT molecular complexity index is 590. The number of aryl methyl sites for hydroxylation is 2. The van der Waals surface area contributed by atoms with Crippen molar-refractivity contribution in [3.63, 3.8) is 0 Å². The van der Waals surface area contributed by atoms with Crippen molar-refractivity contribution >= 4 is 33.2 Å². The van der Waals surface area contributed by atoms with E-state index in [1.54, 1.807) is 12.1 Å². The molecule has 4 heteroatoms. The fourth-order valence-corrected chi connectivity index (χ4v) is 2.93. The quantitative estimate of drug-likeness (QED) is 0.780. The summed E-state index contributed by atoms with van der Waals surface area (Å²) in [6, 6.07) is 8.65. The number of hydrogen-bond acceptors (Lipinski definition) is 1. The molecule has 2 aromatic rings. The van der Waals surface area contributed by atoms with E-state index in [4.69, 9.17) is 11.6 Å². The summed E-state index contributed by atoms with van der Waals surface area (Å²) < 4.78 is 14.7. The van der Waals surface area contributed by atoms with Crippen LogP contribution in [0.4, 0.5) is 10.1 Å². The number of benzene rings is 2. The van der Waals surface area contributed by atoms with Gasteiger partial charge in [-0.05, 0) is 55.3 Å². The lowest BCUT2D eigenvalue weighted by molar-refractivity contribution is 0.613. The summed E-state index contributed by atoms with van der Waals surface area (Å²) in [6.45, 7) is 4.46. The van der Waals surface area contributed by atoms with Crippen molar-refractivity contribution in [2.75, 3.05) is 5.32 Å². The molecule has 2 rings (SSSR count). The second-order valence-corrected chi connectivity index (χ2v) is 5.86. The second-order valence-electron chi connectivity index (χ2n) is 4.50. The minimum absolute atomic E-state index is 0.246. The van der Waals surface area contributed by atoms with Crippen LogP contribution in [0.3, 0.4) is 0 Å². The first-order chi connectivity index (χ1) is 8.97. The Morgan fingerprint density at radius 2 is 1.79 bits per heavy atom. The van der Waals surface area contributed by atoms with E-state index in [1.807, 2.05) is 26.0 Å². The molecule has 0 aliphatic heterocycles. The van der Waals surface area contributed by atoms with Gasteiger partial charge in [0.25, 0.3) is 0 Å². The van der Waals surface area contributed by atoms with Gasteiger partial charge in [0.15, 0.2) is 0 Å². The molecule has 100 valence electrons. The Morgan fingerprint density at radius 3 is 2.42 bits per heavy atom. The maximum Gasteiger partial charge on any atom is 0.128 e. The smallest absolute Gasteiger partial charge is 0.128 e. The maximum atomic E-state index is 13.6. The summed E-state index contributed by atoms with van der Waals surface area (Å²) in [7, 11) is 0. The van der Waals surface area contributed by atoms with Crippen LogP contribution in [0.5, 0.6) is 0 Å². The predicted octanol–water partition coefficient (Wildman–Crippen LogP) is 5.47. The van der Waals surface area contributed by atoms with Crippen molar-refractivity contribution in [3.05, 3.63) is 62.3 Å². The van der Waals surface area contributed by atoms with Crippen molar-refractivity contribution in [3.8, 4) is 0 Å². The molecule has 2 aromatic carbocycles. The predicted molar refractivity (Wildman–Crippen MR) is 82.4 cm³/mol. The molecule has 0 amide bonds. The van der Waals surface area contributed by atoms with Crippen molar-refractivity contribution in [2.45, 2.75) is 20.4 Å². The van der Waals surface area contributed by atoms with E-state index >= 15 is 0 Å². The third-order valence-electron chi connectivity index (χ3n) is 2.96. The average molecular weight is 343 g/mol. The van der Waals surface area contributed by atoms with Crippen molar-refractivity contribution < 1.29 is 4.39 Å². The number of nitrogens with one attached hydrogen (secondary N) is 1. The van der Waals surface area contributed by atoms with Gasteiger partial charge in [-0.3, -0.25) is 0 Å². The highest BCUT2D eigenvalue weighted by molar-refractivity contribution is 9.10. The lowest BCUT2D eigenvalue weighted by atomic mass is 10.1. The number of rotatable bonds is 3. The summed E-state index contributed by atoms with van der Waals surface area (Å²) >= 11 is 9.34. The Kier molecular flexibility index (Phi) is 4.48. The Hall–Kier alpha value is -1.06. The lowest BCUT2D eigenvalue weighted by Crippen LogP contribution is -2.04. The first-order valence-corrected chi connectivity index (χ1v) is 7.09. The molecule has 0 aromatic heterocycles. The first kappa shape index (κ1) is 14.4. The van der Waals surface area contributed by atoms with Crippen LogP contribution >= 0.6 is 27.5 Å². The topological polar surface area (TPSA) is 12.0 Å². The molecule has 19 heavy (non-hydrogen) atoms. The van der Waals surface area contributed by atoms with E-state index in [-0.39, 0.29) is 5.82 Å². The number of hydrogen-bond donors (Lipinski definition) is 1. The van der Waals surface area contributed by atoms with Crippen LogP contribution in [0.1, 0.15) is 16.7 Å². The summed E-state index contributed by atoms with van der Waals surface area (Å²) in [5, 5.41) is 3.82. The summed E-state index contributed by atoms with van der Waals surface area (Å²) in [6.07, 6.45) is 0. The minimum Gasteiger partial charge on any atom is -0.380 e. The maximum absolute atomic E-state index is 13.6. The van der Waals surface area contributed by atoms with Gasteiger partial charge in [-0.25, -0.2) is 4.39 Å². The van der Waals surface area contributed by atoms with Gasteiger partial charge in [-0.1, -0.05) is 27.5 Å².